The average Bonchev–Trinajstić information content (AvgIpc) is 2.98. The predicted molar refractivity (Wildman–Crippen MR) is 114 cm³/mol. The first-order chi connectivity index (χ1) is 13.0. The summed E-state index contributed by atoms with van der Waals surface area (Å²) in [4.78, 5) is 15.3. The van der Waals surface area contributed by atoms with Gasteiger partial charge in [0.15, 0.2) is 13.9 Å². The molecule has 0 N–H and O–H groups in total. The summed E-state index contributed by atoms with van der Waals surface area (Å²) in [6, 6.07) is 10.2. The highest BCUT2D eigenvalue weighted by molar-refractivity contribution is 6.74. The molecule has 0 bridgehead atoms. The first-order valence-corrected chi connectivity index (χ1v) is 13.0. The van der Waals surface area contributed by atoms with E-state index in [2.05, 4.69) is 64.7 Å². The van der Waals surface area contributed by atoms with Gasteiger partial charge in [-0.3, -0.25) is 4.90 Å². The molecule has 158 valence electrons. The van der Waals surface area contributed by atoms with Crippen molar-refractivity contribution >= 4 is 14.3 Å². The Morgan fingerprint density at radius 1 is 1.29 bits per heavy atom. The van der Waals surface area contributed by atoms with E-state index in [1.165, 1.54) is 7.11 Å². The van der Waals surface area contributed by atoms with Gasteiger partial charge in [0.1, 0.15) is 6.73 Å². The van der Waals surface area contributed by atoms with E-state index in [1.807, 2.05) is 18.2 Å². The third-order valence-electron chi connectivity index (χ3n) is 6.26. The highest BCUT2D eigenvalue weighted by atomic mass is 28.4. The molecule has 5 nitrogen and oxygen atoms in total. The Balaban J connectivity index is 2.41. The molecule has 0 aliphatic carbocycles. The van der Waals surface area contributed by atoms with Crippen LogP contribution in [0.25, 0.3) is 0 Å². The molecular formula is C22H37NO4Si. The number of hydrogen-bond acceptors (Lipinski definition) is 5. The Morgan fingerprint density at radius 3 is 2.39 bits per heavy atom. The van der Waals surface area contributed by atoms with E-state index >= 15 is 0 Å². The SMILES string of the molecule is COC(=O)[C@@]1(CO[Si](C)(C)C(C)(C)C)C(C(C)C)OCN1Cc1ccccc1. The molecule has 1 unspecified atom stereocenters. The largest absolute Gasteiger partial charge is 0.467 e. The standard InChI is InChI=1S/C22H37NO4Si/c1-17(2)19-22(20(24)25-6,15-27-28(7,8)21(3,4)5)23(16-26-19)14-18-12-10-9-11-13-18/h9-13,17,19H,14-16H2,1-8H3/t19?,22-/m1/s1. The Bertz CT molecular complexity index is 656. The van der Waals surface area contributed by atoms with Crippen LogP contribution in [0, 0.1) is 5.92 Å². The molecule has 0 spiro atoms. The van der Waals surface area contributed by atoms with Crippen molar-refractivity contribution in [3.05, 3.63) is 35.9 Å². The first-order valence-electron chi connectivity index (χ1n) is 10.1. The molecular weight excluding hydrogens is 370 g/mol. The van der Waals surface area contributed by atoms with Gasteiger partial charge in [0.2, 0.25) is 0 Å². The van der Waals surface area contributed by atoms with Crippen molar-refractivity contribution in [2.24, 2.45) is 5.92 Å². The van der Waals surface area contributed by atoms with Crippen molar-refractivity contribution in [2.45, 2.75) is 70.9 Å². The smallest absolute Gasteiger partial charge is 0.331 e. The molecule has 1 aromatic rings. The Hall–Kier alpha value is -1.21. The lowest BCUT2D eigenvalue weighted by Gasteiger charge is -2.43. The van der Waals surface area contributed by atoms with Gasteiger partial charge in [-0.15, -0.1) is 0 Å². The second-order valence-corrected chi connectivity index (χ2v) is 14.4. The summed E-state index contributed by atoms with van der Waals surface area (Å²) in [5.41, 5.74) is 0.185. The summed E-state index contributed by atoms with van der Waals surface area (Å²) in [6.07, 6.45) is -0.284. The minimum Gasteiger partial charge on any atom is -0.467 e. The molecule has 0 amide bonds. The van der Waals surface area contributed by atoms with Gasteiger partial charge in [-0.2, -0.15) is 0 Å². The molecule has 0 aromatic heterocycles. The number of carbonyl (C=O) groups is 1. The van der Waals surface area contributed by atoms with Crippen molar-refractivity contribution in [1.29, 1.82) is 0 Å². The molecule has 1 fully saturated rings. The maximum atomic E-state index is 13.2. The number of rotatable bonds is 7. The van der Waals surface area contributed by atoms with Gasteiger partial charge in [0, 0.05) is 6.54 Å². The van der Waals surface area contributed by atoms with E-state index in [4.69, 9.17) is 13.9 Å². The van der Waals surface area contributed by atoms with Crippen LogP contribution in [0.5, 0.6) is 0 Å². The third-order valence-corrected chi connectivity index (χ3v) is 10.7. The van der Waals surface area contributed by atoms with Crippen LogP contribution in [-0.2, 0) is 25.2 Å². The lowest BCUT2D eigenvalue weighted by atomic mass is 9.85. The quantitative estimate of drug-likeness (QED) is 0.494. The monoisotopic (exact) mass is 407 g/mol. The number of carbonyl (C=O) groups excluding carboxylic acids is 1. The molecule has 2 atom stereocenters. The molecule has 6 heteroatoms. The van der Waals surface area contributed by atoms with Gasteiger partial charge in [0.05, 0.1) is 19.8 Å². The Morgan fingerprint density at radius 2 is 1.89 bits per heavy atom. The molecule has 2 rings (SSSR count). The molecule has 1 aromatic carbocycles. The average molecular weight is 408 g/mol. The normalized spacial score (nSPS) is 24.0. The molecule has 0 saturated carbocycles. The minimum atomic E-state index is -2.05. The fourth-order valence-electron chi connectivity index (χ4n) is 3.50. The van der Waals surface area contributed by atoms with Gasteiger partial charge in [-0.05, 0) is 29.6 Å². The van der Waals surface area contributed by atoms with Crippen LogP contribution in [0.15, 0.2) is 30.3 Å². The zero-order chi connectivity index (χ0) is 21.2. The number of methoxy groups -OCH3 is 1. The van der Waals surface area contributed by atoms with E-state index in [9.17, 15) is 4.79 Å². The number of nitrogens with zero attached hydrogens (tertiary/aromatic N) is 1. The van der Waals surface area contributed by atoms with Crippen molar-refractivity contribution in [3.63, 3.8) is 0 Å². The predicted octanol–water partition coefficient (Wildman–Crippen LogP) is 4.43. The lowest BCUT2D eigenvalue weighted by molar-refractivity contribution is -0.159. The molecule has 28 heavy (non-hydrogen) atoms. The maximum absolute atomic E-state index is 13.2. The summed E-state index contributed by atoms with van der Waals surface area (Å²) in [6.45, 7) is 16.5. The van der Waals surface area contributed by atoms with Gasteiger partial charge in [-0.25, -0.2) is 4.79 Å². The van der Waals surface area contributed by atoms with E-state index in [0.717, 1.165) is 5.56 Å². The molecule has 1 aliphatic rings. The van der Waals surface area contributed by atoms with Gasteiger partial charge < -0.3 is 13.9 Å². The number of esters is 1. The molecule has 0 radical (unpaired) electrons. The van der Waals surface area contributed by atoms with Gasteiger partial charge in [-0.1, -0.05) is 65.0 Å². The number of ether oxygens (including phenoxy) is 2. The second kappa shape index (κ2) is 8.65. The van der Waals surface area contributed by atoms with E-state index < -0.39 is 13.9 Å². The highest BCUT2D eigenvalue weighted by Crippen LogP contribution is 2.41. The minimum absolute atomic E-state index is 0.0569. The zero-order valence-electron chi connectivity index (χ0n) is 18.7. The molecule has 1 saturated heterocycles. The summed E-state index contributed by atoms with van der Waals surface area (Å²) >= 11 is 0. The van der Waals surface area contributed by atoms with Crippen LogP contribution in [0.4, 0.5) is 0 Å². The van der Waals surface area contributed by atoms with Crippen molar-refractivity contribution in [3.8, 4) is 0 Å². The van der Waals surface area contributed by atoms with E-state index in [0.29, 0.717) is 13.3 Å². The molecule has 1 heterocycles. The summed E-state index contributed by atoms with van der Waals surface area (Å²) in [5, 5.41) is 0.0569. The maximum Gasteiger partial charge on any atom is 0.331 e. The van der Waals surface area contributed by atoms with Crippen molar-refractivity contribution in [2.75, 3.05) is 20.4 Å². The second-order valence-electron chi connectivity index (χ2n) is 9.61. The summed E-state index contributed by atoms with van der Waals surface area (Å²) in [7, 11) is -0.603. The van der Waals surface area contributed by atoms with Gasteiger partial charge in [0.25, 0.3) is 0 Å². The van der Waals surface area contributed by atoms with Crippen LogP contribution in [0.2, 0.25) is 18.1 Å². The van der Waals surface area contributed by atoms with Gasteiger partial charge >= 0.3 is 5.97 Å². The molecule has 1 aliphatic heterocycles. The third kappa shape index (κ3) is 4.51. The lowest BCUT2D eigenvalue weighted by Crippen LogP contribution is -2.63. The Kier molecular flexibility index (Phi) is 7.13. The first kappa shape index (κ1) is 23.1. The van der Waals surface area contributed by atoms with E-state index in [1.54, 1.807) is 0 Å². The van der Waals surface area contributed by atoms with Crippen LogP contribution in [-0.4, -0.2) is 51.3 Å². The topological polar surface area (TPSA) is 48.0 Å². The highest BCUT2D eigenvalue weighted by Gasteiger charge is 2.58. The van der Waals surface area contributed by atoms with Crippen LogP contribution >= 0.6 is 0 Å². The number of hydrogen-bond donors (Lipinski definition) is 0. The number of benzene rings is 1. The Labute approximate surface area is 171 Å². The fraction of sp³-hybridized carbons (Fsp3) is 0.682. The fourth-order valence-corrected chi connectivity index (χ4v) is 4.51. The van der Waals surface area contributed by atoms with Crippen LogP contribution < -0.4 is 0 Å². The van der Waals surface area contributed by atoms with Crippen molar-refractivity contribution < 1.29 is 18.7 Å². The van der Waals surface area contributed by atoms with Crippen LogP contribution in [0.3, 0.4) is 0 Å². The van der Waals surface area contributed by atoms with Crippen molar-refractivity contribution in [1.82, 2.24) is 4.90 Å². The summed E-state index contributed by atoms with van der Waals surface area (Å²) < 4.78 is 18.0. The van der Waals surface area contributed by atoms with E-state index in [-0.39, 0.29) is 29.6 Å². The van der Waals surface area contributed by atoms with Crippen LogP contribution in [0.1, 0.15) is 40.2 Å². The summed E-state index contributed by atoms with van der Waals surface area (Å²) in [5.74, 6) is -0.124. The zero-order valence-corrected chi connectivity index (χ0v) is 19.7.